The van der Waals surface area contributed by atoms with Gasteiger partial charge in [0.2, 0.25) is 0 Å². The zero-order chi connectivity index (χ0) is 14.5. The standard InChI is InChI=1S/C15H9F3N2/c16-11-6-7-13(15(18)14(11)17)20-12(8-9-19)10-4-2-1-3-5-10/h1-8,20H/b12-8+. The van der Waals surface area contributed by atoms with Crippen LogP contribution in [0, 0.1) is 28.8 Å². The van der Waals surface area contributed by atoms with E-state index >= 15 is 0 Å². The van der Waals surface area contributed by atoms with Crippen molar-refractivity contribution in [1.29, 1.82) is 5.26 Å². The summed E-state index contributed by atoms with van der Waals surface area (Å²) >= 11 is 0. The van der Waals surface area contributed by atoms with E-state index in [1.807, 2.05) is 6.07 Å². The first-order chi connectivity index (χ1) is 9.63. The van der Waals surface area contributed by atoms with Crippen molar-refractivity contribution in [3.8, 4) is 6.07 Å². The fourth-order valence-corrected chi connectivity index (χ4v) is 1.64. The summed E-state index contributed by atoms with van der Waals surface area (Å²) in [6, 6.07) is 12.4. The molecule has 0 saturated heterocycles. The van der Waals surface area contributed by atoms with Crippen molar-refractivity contribution >= 4 is 11.4 Å². The molecule has 0 spiro atoms. The third-order valence-corrected chi connectivity index (χ3v) is 2.60. The van der Waals surface area contributed by atoms with E-state index in [0.717, 1.165) is 18.2 Å². The van der Waals surface area contributed by atoms with E-state index in [1.54, 1.807) is 30.3 Å². The molecule has 0 saturated carbocycles. The Morgan fingerprint density at radius 3 is 2.35 bits per heavy atom. The molecule has 0 unspecified atom stereocenters. The van der Waals surface area contributed by atoms with Crippen LogP contribution in [0.1, 0.15) is 5.56 Å². The zero-order valence-corrected chi connectivity index (χ0v) is 10.2. The van der Waals surface area contributed by atoms with Crippen LogP contribution < -0.4 is 5.32 Å². The molecule has 100 valence electrons. The molecule has 2 rings (SSSR count). The van der Waals surface area contributed by atoms with Crippen molar-refractivity contribution in [2.45, 2.75) is 0 Å². The first-order valence-corrected chi connectivity index (χ1v) is 5.69. The summed E-state index contributed by atoms with van der Waals surface area (Å²) in [7, 11) is 0. The smallest absolute Gasteiger partial charge is 0.196 e. The number of nitrogens with zero attached hydrogens (tertiary/aromatic N) is 1. The van der Waals surface area contributed by atoms with Crippen molar-refractivity contribution in [3.05, 3.63) is 71.6 Å². The van der Waals surface area contributed by atoms with Gasteiger partial charge < -0.3 is 5.32 Å². The van der Waals surface area contributed by atoms with Crippen LogP contribution in [-0.2, 0) is 0 Å². The van der Waals surface area contributed by atoms with Gasteiger partial charge in [0.15, 0.2) is 17.5 Å². The molecule has 0 bridgehead atoms. The Labute approximate surface area is 113 Å². The summed E-state index contributed by atoms with van der Waals surface area (Å²) in [6.45, 7) is 0. The number of allylic oxidation sites excluding steroid dienone is 1. The van der Waals surface area contributed by atoms with Gasteiger partial charge in [0.05, 0.1) is 17.5 Å². The number of anilines is 1. The first kappa shape index (κ1) is 13.7. The van der Waals surface area contributed by atoms with Crippen LogP contribution in [0.15, 0.2) is 48.5 Å². The number of benzene rings is 2. The van der Waals surface area contributed by atoms with Crippen LogP contribution in [0.3, 0.4) is 0 Å². The monoisotopic (exact) mass is 274 g/mol. The van der Waals surface area contributed by atoms with E-state index in [-0.39, 0.29) is 11.4 Å². The third-order valence-electron chi connectivity index (χ3n) is 2.60. The molecule has 0 atom stereocenters. The second-order valence-electron chi connectivity index (χ2n) is 3.90. The quantitative estimate of drug-likeness (QED) is 0.676. The second-order valence-corrected chi connectivity index (χ2v) is 3.90. The molecule has 0 aliphatic rings. The number of hydrogen-bond donors (Lipinski definition) is 1. The lowest BCUT2D eigenvalue weighted by Gasteiger charge is -2.11. The molecule has 20 heavy (non-hydrogen) atoms. The molecule has 1 N–H and O–H groups in total. The molecule has 0 fully saturated rings. The molecule has 2 nitrogen and oxygen atoms in total. The fraction of sp³-hybridized carbons (Fsp3) is 0. The van der Waals surface area contributed by atoms with Crippen molar-refractivity contribution in [2.24, 2.45) is 0 Å². The van der Waals surface area contributed by atoms with Gasteiger partial charge in [-0.2, -0.15) is 5.26 Å². The molecule has 0 aliphatic carbocycles. The first-order valence-electron chi connectivity index (χ1n) is 5.69. The lowest BCUT2D eigenvalue weighted by molar-refractivity contribution is 0.449. The maximum atomic E-state index is 13.6. The molecular weight excluding hydrogens is 265 g/mol. The van der Waals surface area contributed by atoms with Gasteiger partial charge in [-0.25, -0.2) is 13.2 Å². The van der Waals surface area contributed by atoms with Gasteiger partial charge in [0.25, 0.3) is 0 Å². The van der Waals surface area contributed by atoms with Crippen LogP contribution in [0.2, 0.25) is 0 Å². The number of nitrogens with one attached hydrogen (secondary N) is 1. The number of halogens is 3. The van der Waals surface area contributed by atoms with Crippen molar-refractivity contribution in [1.82, 2.24) is 0 Å². The molecule has 5 heteroatoms. The lowest BCUT2D eigenvalue weighted by atomic mass is 10.1. The van der Waals surface area contributed by atoms with Gasteiger partial charge in [-0.1, -0.05) is 30.3 Å². The van der Waals surface area contributed by atoms with Crippen LogP contribution >= 0.6 is 0 Å². The molecule has 0 aliphatic heterocycles. The minimum atomic E-state index is -1.56. The van der Waals surface area contributed by atoms with E-state index in [2.05, 4.69) is 5.32 Å². The summed E-state index contributed by atoms with van der Waals surface area (Å²) in [5.41, 5.74) is 0.672. The molecule has 2 aromatic carbocycles. The Kier molecular flexibility index (Phi) is 4.06. The molecular formula is C15H9F3N2. The summed E-state index contributed by atoms with van der Waals surface area (Å²) in [5, 5.41) is 11.3. The number of nitriles is 1. The van der Waals surface area contributed by atoms with Gasteiger partial charge in [0, 0.05) is 6.08 Å². The van der Waals surface area contributed by atoms with Crippen LogP contribution in [0.5, 0.6) is 0 Å². The predicted molar refractivity (Wildman–Crippen MR) is 70.0 cm³/mol. The maximum Gasteiger partial charge on any atom is 0.196 e. The summed E-state index contributed by atoms with van der Waals surface area (Å²) < 4.78 is 39.6. The summed E-state index contributed by atoms with van der Waals surface area (Å²) in [5.74, 6) is -4.15. The number of hydrogen-bond acceptors (Lipinski definition) is 2. The van der Waals surface area contributed by atoms with E-state index in [9.17, 15) is 13.2 Å². The SMILES string of the molecule is N#C/C=C(/Nc1ccc(F)c(F)c1F)c1ccccc1. The van der Waals surface area contributed by atoms with Crippen LogP contribution in [0.4, 0.5) is 18.9 Å². The molecule has 0 heterocycles. The second kappa shape index (κ2) is 5.93. The maximum absolute atomic E-state index is 13.6. The highest BCUT2D eigenvalue weighted by Gasteiger charge is 2.14. The van der Waals surface area contributed by atoms with Crippen molar-refractivity contribution < 1.29 is 13.2 Å². The average Bonchev–Trinajstić information content (AvgIpc) is 2.48. The largest absolute Gasteiger partial charge is 0.352 e. The Hall–Kier alpha value is -2.74. The Balaban J connectivity index is 2.39. The van der Waals surface area contributed by atoms with Crippen molar-refractivity contribution in [2.75, 3.05) is 5.32 Å². The third kappa shape index (κ3) is 2.81. The Bertz CT molecular complexity index is 688. The highest BCUT2D eigenvalue weighted by atomic mass is 19.2. The number of rotatable bonds is 3. The van der Waals surface area contributed by atoms with Gasteiger partial charge in [-0.05, 0) is 17.7 Å². The normalized spacial score (nSPS) is 11.0. The predicted octanol–water partition coefficient (Wildman–Crippen LogP) is 4.08. The van der Waals surface area contributed by atoms with Gasteiger partial charge in [0.1, 0.15) is 0 Å². The Morgan fingerprint density at radius 1 is 1.00 bits per heavy atom. The van der Waals surface area contributed by atoms with Gasteiger partial charge >= 0.3 is 0 Å². The highest BCUT2D eigenvalue weighted by Crippen LogP contribution is 2.24. The lowest BCUT2D eigenvalue weighted by Crippen LogP contribution is -2.03. The van der Waals surface area contributed by atoms with E-state index in [4.69, 9.17) is 5.26 Å². The van der Waals surface area contributed by atoms with Gasteiger partial charge in [-0.3, -0.25) is 0 Å². The van der Waals surface area contributed by atoms with Gasteiger partial charge in [-0.15, -0.1) is 0 Å². The van der Waals surface area contributed by atoms with E-state index in [0.29, 0.717) is 5.56 Å². The molecule has 0 amide bonds. The van der Waals surface area contributed by atoms with E-state index in [1.165, 1.54) is 0 Å². The average molecular weight is 274 g/mol. The van der Waals surface area contributed by atoms with E-state index < -0.39 is 17.5 Å². The van der Waals surface area contributed by atoms with Crippen LogP contribution in [0.25, 0.3) is 5.70 Å². The zero-order valence-electron chi connectivity index (χ0n) is 10.2. The fourth-order valence-electron chi connectivity index (χ4n) is 1.64. The topological polar surface area (TPSA) is 35.8 Å². The van der Waals surface area contributed by atoms with Crippen LogP contribution in [-0.4, -0.2) is 0 Å². The minimum Gasteiger partial charge on any atom is -0.352 e. The molecule has 0 radical (unpaired) electrons. The van der Waals surface area contributed by atoms with Crippen molar-refractivity contribution in [3.63, 3.8) is 0 Å². The Morgan fingerprint density at radius 2 is 1.70 bits per heavy atom. The molecule has 0 aromatic heterocycles. The summed E-state index contributed by atoms with van der Waals surface area (Å²) in [4.78, 5) is 0. The minimum absolute atomic E-state index is 0.241. The summed E-state index contributed by atoms with van der Waals surface area (Å²) in [6.07, 6.45) is 1.16. The molecule has 2 aromatic rings. The highest BCUT2D eigenvalue weighted by molar-refractivity contribution is 5.78.